The van der Waals surface area contributed by atoms with Gasteiger partial charge in [0.05, 0.1) is 24.3 Å². The molecule has 0 aliphatic carbocycles. The minimum absolute atomic E-state index is 0. The second kappa shape index (κ2) is 12.2. The van der Waals surface area contributed by atoms with E-state index in [0.717, 1.165) is 47.1 Å². The Labute approximate surface area is 221 Å². The molecule has 1 aromatic heterocycles. The molecule has 0 fully saturated rings. The van der Waals surface area contributed by atoms with Crippen LogP contribution >= 0.6 is 0 Å². The number of hydrazine groups is 1. The van der Waals surface area contributed by atoms with Crippen LogP contribution in [0.4, 0.5) is 5.69 Å². The second-order valence-corrected chi connectivity index (χ2v) is 9.79. The van der Waals surface area contributed by atoms with E-state index in [9.17, 15) is 9.59 Å². The highest BCUT2D eigenvalue weighted by molar-refractivity contribution is 5.91. The highest BCUT2D eigenvalue weighted by atomic mass is 16.2. The average molecular weight is 507 g/mol. The number of anilines is 1. The zero-order valence-corrected chi connectivity index (χ0v) is 22.2. The highest BCUT2D eigenvalue weighted by Gasteiger charge is 2.27. The summed E-state index contributed by atoms with van der Waals surface area (Å²) in [5.41, 5.74) is 6.33. The number of rotatable bonds is 10. The molecule has 3 aromatic rings. The smallest absolute Gasteiger partial charge is 0.256 e. The van der Waals surface area contributed by atoms with Crippen molar-refractivity contribution >= 4 is 28.4 Å². The SMILES string of the molecule is C.CCCCCNC(=O)CN(CC(=O)N(C)N1Cc2ccccc2C1)c1cc2c(cc1C)c(C)nn2C. The molecule has 0 spiro atoms. The van der Waals surface area contributed by atoms with Crippen LogP contribution in [0.3, 0.4) is 0 Å². The Kier molecular flexibility index (Phi) is 9.32. The monoisotopic (exact) mass is 506 g/mol. The first-order chi connectivity index (χ1) is 17.3. The molecular weight excluding hydrogens is 464 g/mol. The third kappa shape index (κ3) is 6.31. The number of hydrogen-bond acceptors (Lipinski definition) is 5. The van der Waals surface area contributed by atoms with Gasteiger partial charge in [-0.2, -0.15) is 5.10 Å². The Balaban J connectivity index is 0.00000380. The van der Waals surface area contributed by atoms with Crippen molar-refractivity contribution in [2.24, 2.45) is 7.05 Å². The lowest BCUT2D eigenvalue weighted by atomic mass is 10.1. The van der Waals surface area contributed by atoms with Crippen LogP contribution in [0.2, 0.25) is 0 Å². The molecule has 8 nitrogen and oxygen atoms in total. The Morgan fingerprint density at radius 1 is 1.05 bits per heavy atom. The molecule has 1 aliphatic rings. The standard InChI is InChI=1S/C28H38N6O2.CH4/c1-6-7-10-13-29-27(35)18-33(25-15-26-24(14-20(25)2)21(3)30-31(26)4)19-28(36)32(5)34-16-22-11-8-9-12-23(22)17-34;/h8-9,11-12,14-15H,6-7,10,13,16-19H2,1-5H3,(H,29,35);1H4. The molecule has 2 amide bonds. The van der Waals surface area contributed by atoms with Crippen LogP contribution in [0.5, 0.6) is 0 Å². The molecule has 4 rings (SSSR count). The Bertz CT molecular complexity index is 1230. The molecule has 1 N–H and O–H groups in total. The fourth-order valence-corrected chi connectivity index (χ4v) is 4.93. The number of carbonyl (C=O) groups is 2. The molecule has 37 heavy (non-hydrogen) atoms. The summed E-state index contributed by atoms with van der Waals surface area (Å²) in [7, 11) is 3.74. The van der Waals surface area contributed by atoms with Gasteiger partial charge in [-0.05, 0) is 49.1 Å². The molecular formula is C29H42N6O2. The van der Waals surface area contributed by atoms with Crippen molar-refractivity contribution in [1.82, 2.24) is 25.1 Å². The molecule has 0 unspecified atom stereocenters. The first-order valence-electron chi connectivity index (χ1n) is 12.8. The van der Waals surface area contributed by atoms with Gasteiger partial charge in [0.2, 0.25) is 5.91 Å². The topological polar surface area (TPSA) is 73.7 Å². The van der Waals surface area contributed by atoms with Gasteiger partial charge in [-0.3, -0.25) is 19.3 Å². The predicted octanol–water partition coefficient (Wildman–Crippen LogP) is 4.33. The normalized spacial score (nSPS) is 12.8. The molecule has 0 radical (unpaired) electrons. The van der Waals surface area contributed by atoms with Gasteiger partial charge >= 0.3 is 0 Å². The minimum atomic E-state index is -0.0733. The summed E-state index contributed by atoms with van der Waals surface area (Å²) in [6.07, 6.45) is 3.15. The van der Waals surface area contributed by atoms with E-state index in [1.807, 2.05) is 55.7 Å². The summed E-state index contributed by atoms with van der Waals surface area (Å²) in [5.74, 6) is -0.127. The Morgan fingerprint density at radius 3 is 2.38 bits per heavy atom. The minimum Gasteiger partial charge on any atom is -0.355 e. The molecule has 0 saturated carbocycles. The van der Waals surface area contributed by atoms with Crippen molar-refractivity contribution in [3.8, 4) is 0 Å². The number of fused-ring (bicyclic) bond motifs is 2. The first-order valence-corrected chi connectivity index (χ1v) is 12.8. The van der Waals surface area contributed by atoms with Gasteiger partial charge in [-0.1, -0.05) is 51.5 Å². The number of unbranched alkanes of at least 4 members (excludes halogenated alkanes) is 2. The van der Waals surface area contributed by atoms with Gasteiger partial charge in [0.25, 0.3) is 5.91 Å². The van der Waals surface area contributed by atoms with E-state index < -0.39 is 0 Å². The summed E-state index contributed by atoms with van der Waals surface area (Å²) >= 11 is 0. The van der Waals surface area contributed by atoms with Crippen molar-refractivity contribution in [2.75, 3.05) is 31.6 Å². The van der Waals surface area contributed by atoms with E-state index in [-0.39, 0.29) is 32.3 Å². The number of amides is 2. The number of benzene rings is 2. The van der Waals surface area contributed by atoms with Gasteiger partial charge in [-0.15, -0.1) is 0 Å². The summed E-state index contributed by atoms with van der Waals surface area (Å²) in [6.45, 7) is 8.45. The van der Waals surface area contributed by atoms with Crippen LogP contribution in [-0.2, 0) is 29.7 Å². The largest absolute Gasteiger partial charge is 0.355 e. The highest BCUT2D eigenvalue weighted by Crippen LogP contribution is 2.29. The molecule has 8 heteroatoms. The number of aromatic nitrogens is 2. The van der Waals surface area contributed by atoms with Gasteiger partial charge in [-0.25, -0.2) is 5.01 Å². The van der Waals surface area contributed by atoms with E-state index >= 15 is 0 Å². The van der Waals surface area contributed by atoms with Crippen molar-refractivity contribution in [1.29, 1.82) is 0 Å². The maximum Gasteiger partial charge on any atom is 0.256 e. The zero-order chi connectivity index (χ0) is 25.8. The lowest BCUT2D eigenvalue weighted by molar-refractivity contribution is -0.145. The fourth-order valence-electron chi connectivity index (χ4n) is 4.93. The van der Waals surface area contributed by atoms with Gasteiger partial charge in [0.1, 0.15) is 0 Å². The molecule has 2 heterocycles. The molecule has 200 valence electrons. The van der Waals surface area contributed by atoms with Gasteiger partial charge in [0.15, 0.2) is 0 Å². The van der Waals surface area contributed by atoms with Crippen LogP contribution in [0, 0.1) is 13.8 Å². The number of nitrogens with one attached hydrogen (secondary N) is 1. The fraction of sp³-hybridized carbons (Fsp3) is 0.483. The Morgan fingerprint density at radius 2 is 1.73 bits per heavy atom. The van der Waals surface area contributed by atoms with Crippen molar-refractivity contribution in [3.63, 3.8) is 0 Å². The number of likely N-dealkylation sites (N-methyl/N-ethyl adjacent to an activating group) is 1. The number of carbonyl (C=O) groups excluding carboxylic acids is 2. The summed E-state index contributed by atoms with van der Waals surface area (Å²) in [6, 6.07) is 12.4. The second-order valence-electron chi connectivity index (χ2n) is 9.79. The van der Waals surface area contributed by atoms with Crippen molar-refractivity contribution < 1.29 is 9.59 Å². The number of aryl methyl sites for hydroxylation is 3. The predicted molar refractivity (Wildman–Crippen MR) is 150 cm³/mol. The van der Waals surface area contributed by atoms with E-state index in [1.54, 1.807) is 5.01 Å². The third-order valence-electron chi connectivity index (χ3n) is 7.07. The average Bonchev–Trinajstić information content (AvgIpc) is 3.40. The summed E-state index contributed by atoms with van der Waals surface area (Å²) < 4.78 is 1.85. The number of hydrogen-bond donors (Lipinski definition) is 1. The molecule has 1 aliphatic heterocycles. The van der Waals surface area contributed by atoms with Crippen LogP contribution in [0.1, 0.15) is 56.0 Å². The van der Waals surface area contributed by atoms with Gasteiger partial charge in [0, 0.05) is 44.8 Å². The summed E-state index contributed by atoms with van der Waals surface area (Å²) in [5, 5.41) is 12.4. The van der Waals surface area contributed by atoms with E-state index in [0.29, 0.717) is 19.6 Å². The van der Waals surface area contributed by atoms with Crippen molar-refractivity contribution in [3.05, 3.63) is 58.8 Å². The van der Waals surface area contributed by atoms with Crippen LogP contribution < -0.4 is 10.2 Å². The third-order valence-corrected chi connectivity index (χ3v) is 7.07. The maximum absolute atomic E-state index is 13.5. The van der Waals surface area contributed by atoms with E-state index in [4.69, 9.17) is 0 Å². The number of nitrogens with zero attached hydrogens (tertiary/aromatic N) is 5. The zero-order valence-electron chi connectivity index (χ0n) is 22.2. The summed E-state index contributed by atoms with van der Waals surface area (Å²) in [4.78, 5) is 28.3. The lowest BCUT2D eigenvalue weighted by Gasteiger charge is -2.32. The van der Waals surface area contributed by atoms with E-state index in [2.05, 4.69) is 40.5 Å². The Hall–Kier alpha value is -3.39. The van der Waals surface area contributed by atoms with Gasteiger partial charge < -0.3 is 10.2 Å². The molecule has 2 aromatic carbocycles. The van der Waals surface area contributed by atoms with Crippen LogP contribution in [-0.4, -0.2) is 58.3 Å². The van der Waals surface area contributed by atoms with Crippen LogP contribution in [0.25, 0.3) is 10.9 Å². The maximum atomic E-state index is 13.5. The van der Waals surface area contributed by atoms with E-state index in [1.165, 1.54) is 11.1 Å². The first kappa shape index (κ1) is 28.2. The van der Waals surface area contributed by atoms with Crippen LogP contribution in [0.15, 0.2) is 36.4 Å². The molecule has 0 bridgehead atoms. The quantitative estimate of drug-likeness (QED) is 0.415. The lowest BCUT2D eigenvalue weighted by Crippen LogP contribution is -2.48. The molecule has 0 atom stereocenters. The van der Waals surface area contributed by atoms with Crippen molar-refractivity contribution in [2.45, 2.75) is 60.5 Å². The molecule has 0 saturated heterocycles.